The number of nitrogens with zero attached hydrogens (tertiary/aromatic N) is 1. The maximum Gasteiger partial charge on any atom is 0.0555 e. The summed E-state index contributed by atoms with van der Waals surface area (Å²) >= 11 is 3.83. The lowest BCUT2D eigenvalue weighted by molar-refractivity contribution is 0.632. The first-order chi connectivity index (χ1) is 17.6. The van der Waals surface area contributed by atoms with Gasteiger partial charge < -0.3 is 4.90 Å². The van der Waals surface area contributed by atoms with E-state index >= 15 is 0 Å². The van der Waals surface area contributed by atoms with E-state index in [-0.39, 0.29) is 5.41 Å². The van der Waals surface area contributed by atoms with E-state index in [1.165, 1.54) is 68.5 Å². The number of thiophene rings is 2. The van der Waals surface area contributed by atoms with E-state index in [1.807, 2.05) is 22.7 Å². The minimum atomic E-state index is -0.0625. The average Bonchev–Trinajstić information content (AvgIpc) is 3.47. The zero-order valence-corrected chi connectivity index (χ0v) is 21.7. The molecule has 5 aromatic carbocycles. The van der Waals surface area contributed by atoms with E-state index in [9.17, 15) is 0 Å². The fourth-order valence-electron chi connectivity index (χ4n) is 6.18. The molecule has 36 heavy (non-hydrogen) atoms. The Balaban J connectivity index is 1.53. The summed E-state index contributed by atoms with van der Waals surface area (Å²) in [5, 5.41) is 5.47. The van der Waals surface area contributed by atoms with Crippen molar-refractivity contribution in [2.45, 2.75) is 19.3 Å². The largest absolute Gasteiger partial charge is 0.309 e. The number of rotatable bonds is 1. The maximum absolute atomic E-state index is 2.51. The third kappa shape index (κ3) is 2.59. The van der Waals surface area contributed by atoms with Gasteiger partial charge in [0.15, 0.2) is 0 Å². The van der Waals surface area contributed by atoms with Crippen LogP contribution in [-0.2, 0) is 5.41 Å². The first-order valence-corrected chi connectivity index (χ1v) is 14.0. The summed E-state index contributed by atoms with van der Waals surface area (Å²) in [4.78, 5) is 2.51. The van der Waals surface area contributed by atoms with Crippen molar-refractivity contribution in [2.75, 3.05) is 4.90 Å². The van der Waals surface area contributed by atoms with E-state index in [2.05, 4.69) is 122 Å². The van der Waals surface area contributed by atoms with E-state index in [0.717, 1.165) is 0 Å². The first-order valence-electron chi connectivity index (χ1n) is 12.4. The van der Waals surface area contributed by atoms with Crippen LogP contribution in [0.1, 0.15) is 25.0 Å². The fraction of sp³-hybridized carbons (Fsp3) is 0.0909. The molecule has 0 radical (unpaired) electrons. The predicted octanol–water partition coefficient (Wildman–Crippen LogP) is 10.5. The Hall–Kier alpha value is -3.66. The Labute approximate surface area is 217 Å². The molecular weight excluding hydrogens is 475 g/mol. The van der Waals surface area contributed by atoms with Gasteiger partial charge >= 0.3 is 0 Å². The highest BCUT2D eigenvalue weighted by atomic mass is 32.1. The van der Waals surface area contributed by atoms with Crippen LogP contribution in [0.5, 0.6) is 0 Å². The predicted molar refractivity (Wildman–Crippen MR) is 159 cm³/mol. The topological polar surface area (TPSA) is 3.24 Å². The highest BCUT2D eigenvalue weighted by Gasteiger charge is 2.37. The minimum Gasteiger partial charge on any atom is -0.309 e. The molecular formula is C33H23NS2. The van der Waals surface area contributed by atoms with Crippen LogP contribution in [0.15, 0.2) is 103 Å². The molecule has 0 saturated carbocycles. The maximum atomic E-state index is 2.51. The summed E-state index contributed by atoms with van der Waals surface area (Å²) in [5.74, 6) is 0. The molecule has 0 atom stereocenters. The van der Waals surface area contributed by atoms with E-state index in [0.29, 0.717) is 0 Å². The summed E-state index contributed by atoms with van der Waals surface area (Å²) < 4.78 is 5.45. The molecule has 0 fully saturated rings. The van der Waals surface area contributed by atoms with Gasteiger partial charge in [0.2, 0.25) is 0 Å². The van der Waals surface area contributed by atoms with Crippen molar-refractivity contribution in [1.29, 1.82) is 0 Å². The SMILES string of the molecule is CC1(C)c2ccccc2N(c2cccc3sc4ccc5c6ccccc6sc5c4c23)c2ccccc21. The normalized spacial score (nSPS) is 14.6. The lowest BCUT2D eigenvalue weighted by atomic mass is 9.73. The van der Waals surface area contributed by atoms with Crippen LogP contribution in [-0.4, -0.2) is 0 Å². The second-order valence-electron chi connectivity index (χ2n) is 10.2. The van der Waals surface area contributed by atoms with Gasteiger partial charge in [-0.15, -0.1) is 22.7 Å². The molecule has 0 unspecified atom stereocenters. The van der Waals surface area contributed by atoms with Gasteiger partial charge in [-0.3, -0.25) is 0 Å². The van der Waals surface area contributed by atoms with Crippen molar-refractivity contribution >= 4 is 80.1 Å². The van der Waals surface area contributed by atoms with Crippen LogP contribution in [0.3, 0.4) is 0 Å². The van der Waals surface area contributed by atoms with Crippen molar-refractivity contribution in [3.8, 4) is 0 Å². The molecule has 0 spiro atoms. The van der Waals surface area contributed by atoms with Crippen LogP contribution >= 0.6 is 22.7 Å². The van der Waals surface area contributed by atoms with Crippen LogP contribution in [0.4, 0.5) is 17.1 Å². The van der Waals surface area contributed by atoms with Gasteiger partial charge in [0.25, 0.3) is 0 Å². The molecule has 172 valence electrons. The van der Waals surface area contributed by atoms with E-state index in [4.69, 9.17) is 0 Å². The first kappa shape index (κ1) is 20.5. The molecule has 0 saturated heterocycles. The second kappa shape index (κ2) is 7.19. The zero-order valence-electron chi connectivity index (χ0n) is 20.1. The highest BCUT2D eigenvalue weighted by molar-refractivity contribution is 7.29. The molecule has 3 heteroatoms. The van der Waals surface area contributed by atoms with Crippen LogP contribution in [0.25, 0.3) is 40.3 Å². The van der Waals surface area contributed by atoms with Crippen molar-refractivity contribution < 1.29 is 0 Å². The number of anilines is 3. The molecule has 1 aliphatic rings. The summed E-state index contributed by atoms with van der Waals surface area (Å²) in [6.07, 6.45) is 0. The van der Waals surface area contributed by atoms with Gasteiger partial charge in [0.05, 0.1) is 17.1 Å². The molecule has 1 nitrogen and oxygen atoms in total. The van der Waals surface area contributed by atoms with Crippen LogP contribution in [0.2, 0.25) is 0 Å². The Morgan fingerprint density at radius 1 is 0.500 bits per heavy atom. The van der Waals surface area contributed by atoms with Crippen molar-refractivity contribution in [3.05, 3.63) is 114 Å². The monoisotopic (exact) mass is 497 g/mol. The number of fused-ring (bicyclic) bond motifs is 9. The highest BCUT2D eigenvalue weighted by Crippen LogP contribution is 2.55. The molecule has 0 amide bonds. The summed E-state index contributed by atoms with van der Waals surface area (Å²) in [7, 11) is 0. The molecule has 7 aromatic rings. The Bertz CT molecular complexity index is 1940. The lowest BCUT2D eigenvalue weighted by Crippen LogP contribution is -2.30. The molecule has 2 aromatic heterocycles. The Kier molecular flexibility index (Phi) is 4.10. The van der Waals surface area contributed by atoms with Crippen LogP contribution in [0, 0.1) is 0 Å². The molecule has 1 aliphatic heterocycles. The Morgan fingerprint density at radius 2 is 1.11 bits per heavy atom. The fourth-order valence-corrected chi connectivity index (χ4v) is 8.64. The second-order valence-corrected chi connectivity index (χ2v) is 12.3. The minimum absolute atomic E-state index is 0.0625. The van der Waals surface area contributed by atoms with Gasteiger partial charge in [-0.05, 0) is 47.5 Å². The smallest absolute Gasteiger partial charge is 0.0555 e. The standard InChI is InChI=1S/C33H23NS2/c1-33(2)22-11-4-6-13-24(22)34(25-14-7-5-12-23(25)33)26-15-9-17-28-30(26)31-29(35-28)19-18-21-20-10-3-8-16-27(20)36-32(21)31/h3-19H,1-2H3. The summed E-state index contributed by atoms with van der Waals surface area (Å²) in [6.45, 7) is 4.70. The zero-order chi connectivity index (χ0) is 24.0. The third-order valence-corrected chi connectivity index (χ3v) is 10.2. The van der Waals surface area contributed by atoms with Gasteiger partial charge in [-0.1, -0.05) is 80.6 Å². The lowest BCUT2D eigenvalue weighted by Gasteiger charge is -2.42. The van der Waals surface area contributed by atoms with Gasteiger partial charge in [0.1, 0.15) is 0 Å². The Morgan fingerprint density at radius 3 is 1.89 bits per heavy atom. The number of para-hydroxylation sites is 2. The number of hydrogen-bond donors (Lipinski definition) is 0. The molecule has 8 rings (SSSR count). The van der Waals surface area contributed by atoms with Gasteiger partial charge in [-0.25, -0.2) is 0 Å². The molecule has 3 heterocycles. The summed E-state index contributed by atoms with van der Waals surface area (Å²) in [6, 6.07) is 38.1. The van der Waals surface area contributed by atoms with E-state index < -0.39 is 0 Å². The van der Waals surface area contributed by atoms with E-state index in [1.54, 1.807) is 0 Å². The van der Waals surface area contributed by atoms with Crippen LogP contribution < -0.4 is 4.90 Å². The average molecular weight is 498 g/mol. The molecule has 0 bridgehead atoms. The van der Waals surface area contributed by atoms with Crippen molar-refractivity contribution in [1.82, 2.24) is 0 Å². The van der Waals surface area contributed by atoms with Gasteiger partial charge in [-0.2, -0.15) is 0 Å². The third-order valence-electron chi connectivity index (χ3n) is 7.86. The van der Waals surface area contributed by atoms with Crippen molar-refractivity contribution in [3.63, 3.8) is 0 Å². The molecule has 0 N–H and O–H groups in total. The molecule has 0 aliphatic carbocycles. The van der Waals surface area contributed by atoms with Gasteiger partial charge in [0, 0.05) is 45.8 Å². The summed E-state index contributed by atoms with van der Waals surface area (Å²) in [5.41, 5.74) is 6.49. The number of benzene rings is 5. The number of hydrogen-bond acceptors (Lipinski definition) is 3. The quantitative estimate of drug-likeness (QED) is 0.218. The van der Waals surface area contributed by atoms with Crippen molar-refractivity contribution in [2.24, 2.45) is 0 Å².